The van der Waals surface area contributed by atoms with Crippen LogP contribution < -0.4 is 23.7 Å². The molecule has 10 nitrogen and oxygen atoms in total. The van der Waals surface area contributed by atoms with Gasteiger partial charge in [-0.15, -0.1) is 0 Å². The third-order valence-electron chi connectivity index (χ3n) is 11.8. The SMILES string of the molecule is COc1ccc2cc1Oc1ccc(cc1)C[C@H]1c3cc(c(CO)cc3CCN1C)Oc1c(OC)c(OC)c(COCC3CCOC3)c3c1[C@H](C2)N(C)CC3. The van der Waals surface area contributed by atoms with Crippen molar-refractivity contribution < 1.29 is 38.3 Å². The number of likely N-dealkylation sites (N-methyl/N-ethyl adjacent to an activating group) is 2. The smallest absolute Gasteiger partial charge is 0.204 e. The van der Waals surface area contributed by atoms with Crippen molar-refractivity contribution in [2.45, 2.75) is 57.4 Å². The molecule has 1 unspecified atom stereocenters. The lowest BCUT2D eigenvalue weighted by Crippen LogP contribution is -2.35. The Morgan fingerprint density at radius 2 is 1.56 bits per heavy atom. The number of nitrogens with zero attached hydrogens (tertiary/aromatic N) is 2. The summed E-state index contributed by atoms with van der Waals surface area (Å²) in [6.07, 6.45) is 4.14. The van der Waals surface area contributed by atoms with Crippen molar-refractivity contribution in [3.8, 4) is 40.2 Å². The van der Waals surface area contributed by atoms with Crippen LogP contribution in [0.3, 0.4) is 0 Å². The Bertz CT molecular complexity index is 1980. The molecule has 0 spiro atoms. The van der Waals surface area contributed by atoms with Gasteiger partial charge in [-0.2, -0.15) is 0 Å². The van der Waals surface area contributed by atoms with Crippen LogP contribution in [0.1, 0.15) is 63.0 Å². The average molecular weight is 737 g/mol. The fourth-order valence-corrected chi connectivity index (χ4v) is 8.75. The highest BCUT2D eigenvalue weighted by Crippen LogP contribution is 2.53. The van der Waals surface area contributed by atoms with E-state index in [2.05, 4.69) is 60.3 Å². The molecule has 54 heavy (non-hydrogen) atoms. The van der Waals surface area contributed by atoms with E-state index in [0.29, 0.717) is 60.0 Å². The largest absolute Gasteiger partial charge is 0.493 e. The zero-order valence-electron chi connectivity index (χ0n) is 32.1. The molecule has 0 amide bonds. The fourth-order valence-electron chi connectivity index (χ4n) is 8.75. The molecule has 9 rings (SSSR count). The molecule has 4 aromatic rings. The van der Waals surface area contributed by atoms with Crippen LogP contribution in [-0.4, -0.2) is 83.2 Å². The molecule has 1 fully saturated rings. The lowest BCUT2D eigenvalue weighted by atomic mass is 9.84. The van der Waals surface area contributed by atoms with Gasteiger partial charge in [0, 0.05) is 54.4 Å². The second kappa shape index (κ2) is 15.8. The Morgan fingerprint density at radius 3 is 2.30 bits per heavy atom. The topological polar surface area (TPSA) is 91.3 Å². The van der Waals surface area contributed by atoms with Crippen molar-refractivity contribution in [1.29, 1.82) is 0 Å². The first-order chi connectivity index (χ1) is 26.4. The summed E-state index contributed by atoms with van der Waals surface area (Å²) >= 11 is 0. The standard InChI is InChI=1S/C44H52N2O8/c1-45-15-12-30-21-31(23-47)39-22-34(30)36(45)18-27-6-9-32(10-7-27)53-40-20-28(8-11-38(40)48-3)19-37-41-33(13-16-46(37)2)35(26-52-25-29-14-17-51-24-29)42(49-4)44(50-5)43(41)54-39/h6-11,20-22,29,36-37,47H,12-19,23-26H2,1-5H3/t29?,36-,37-/m0/s1. The second-order valence-electron chi connectivity index (χ2n) is 15.1. The number of benzene rings is 4. The Hall–Kier alpha value is -4.32. The summed E-state index contributed by atoms with van der Waals surface area (Å²) in [4.78, 5) is 4.79. The van der Waals surface area contributed by atoms with Crippen LogP contribution in [0.25, 0.3) is 0 Å². The summed E-state index contributed by atoms with van der Waals surface area (Å²) in [6, 6.07) is 18.8. The first-order valence-corrected chi connectivity index (χ1v) is 19.1. The van der Waals surface area contributed by atoms with E-state index in [1.54, 1.807) is 21.3 Å². The Kier molecular flexibility index (Phi) is 10.7. The molecule has 4 aromatic carbocycles. The van der Waals surface area contributed by atoms with Gasteiger partial charge in [-0.3, -0.25) is 9.80 Å². The maximum atomic E-state index is 10.8. The number of aliphatic hydroxyl groups is 1. The Balaban J connectivity index is 1.33. The maximum Gasteiger partial charge on any atom is 0.204 e. The molecule has 286 valence electrons. The average Bonchev–Trinajstić information content (AvgIpc) is 3.71. The zero-order chi connectivity index (χ0) is 37.3. The second-order valence-corrected chi connectivity index (χ2v) is 15.1. The molecule has 5 heterocycles. The molecule has 6 bridgehead atoms. The van der Waals surface area contributed by atoms with E-state index in [1.807, 2.05) is 18.2 Å². The molecule has 0 radical (unpaired) electrons. The van der Waals surface area contributed by atoms with E-state index >= 15 is 0 Å². The molecule has 1 saturated heterocycles. The molecule has 0 aromatic heterocycles. The highest BCUT2D eigenvalue weighted by Gasteiger charge is 2.37. The number of aliphatic hydroxyl groups excluding tert-OH is 1. The normalized spacial score (nSPS) is 21.0. The van der Waals surface area contributed by atoms with Gasteiger partial charge in [0.1, 0.15) is 11.5 Å². The molecule has 10 heteroatoms. The highest BCUT2D eigenvalue weighted by molar-refractivity contribution is 5.67. The van der Waals surface area contributed by atoms with Crippen LogP contribution in [-0.2, 0) is 48.4 Å². The van der Waals surface area contributed by atoms with Gasteiger partial charge in [0.25, 0.3) is 0 Å². The monoisotopic (exact) mass is 736 g/mol. The summed E-state index contributed by atoms with van der Waals surface area (Å²) < 4.78 is 44.0. The van der Waals surface area contributed by atoms with Gasteiger partial charge in [0.15, 0.2) is 23.0 Å². The minimum absolute atomic E-state index is 0.0981. The molecule has 5 aliphatic rings. The minimum atomic E-state index is -0.152. The number of ether oxygens (including phenoxy) is 7. The quantitative estimate of drug-likeness (QED) is 0.200. The van der Waals surface area contributed by atoms with Gasteiger partial charge in [-0.05, 0) is 110 Å². The number of rotatable bonds is 8. The molecule has 5 aliphatic heterocycles. The third kappa shape index (κ3) is 7.02. The van der Waals surface area contributed by atoms with Gasteiger partial charge in [-0.1, -0.05) is 18.2 Å². The van der Waals surface area contributed by atoms with Crippen molar-refractivity contribution in [2.75, 3.05) is 68.3 Å². The van der Waals surface area contributed by atoms with Gasteiger partial charge < -0.3 is 38.3 Å². The lowest BCUT2D eigenvalue weighted by molar-refractivity contribution is 0.0767. The van der Waals surface area contributed by atoms with Gasteiger partial charge >= 0.3 is 0 Å². The van der Waals surface area contributed by atoms with Crippen LogP contribution in [0.15, 0.2) is 54.6 Å². The number of fused-ring (bicyclic) bond motifs is 2. The maximum absolute atomic E-state index is 10.8. The summed E-state index contributed by atoms with van der Waals surface area (Å²) in [7, 11) is 9.37. The fraction of sp³-hybridized carbons (Fsp3) is 0.455. The first kappa shape index (κ1) is 36.6. The minimum Gasteiger partial charge on any atom is -0.493 e. The predicted octanol–water partition coefficient (Wildman–Crippen LogP) is 7.20. The Labute approximate surface area is 318 Å². The predicted molar refractivity (Wildman–Crippen MR) is 206 cm³/mol. The van der Waals surface area contributed by atoms with Crippen LogP contribution in [0, 0.1) is 5.92 Å². The summed E-state index contributed by atoms with van der Waals surface area (Å²) in [5, 5.41) is 10.8. The van der Waals surface area contributed by atoms with E-state index < -0.39 is 0 Å². The van der Waals surface area contributed by atoms with E-state index in [1.165, 1.54) is 16.7 Å². The molecule has 1 N–H and O–H groups in total. The van der Waals surface area contributed by atoms with Crippen LogP contribution in [0.5, 0.6) is 40.2 Å². The van der Waals surface area contributed by atoms with Crippen LogP contribution in [0.2, 0.25) is 0 Å². The lowest BCUT2D eigenvalue weighted by Gasteiger charge is -2.38. The Morgan fingerprint density at radius 1 is 0.796 bits per heavy atom. The van der Waals surface area contributed by atoms with Crippen molar-refractivity contribution in [3.05, 3.63) is 99.1 Å². The van der Waals surface area contributed by atoms with Gasteiger partial charge in [0.05, 0.1) is 47.8 Å². The third-order valence-corrected chi connectivity index (χ3v) is 11.8. The highest BCUT2D eigenvalue weighted by atomic mass is 16.5. The van der Waals surface area contributed by atoms with Crippen molar-refractivity contribution in [1.82, 2.24) is 9.80 Å². The van der Waals surface area contributed by atoms with Gasteiger partial charge in [0.2, 0.25) is 5.75 Å². The van der Waals surface area contributed by atoms with Crippen molar-refractivity contribution in [2.24, 2.45) is 5.92 Å². The summed E-state index contributed by atoms with van der Waals surface area (Å²) in [5.74, 6) is 4.82. The summed E-state index contributed by atoms with van der Waals surface area (Å²) in [6.45, 7) is 4.09. The molecule has 0 aliphatic carbocycles. The molecule has 0 saturated carbocycles. The van der Waals surface area contributed by atoms with E-state index in [9.17, 15) is 5.11 Å². The molecule has 3 atom stereocenters. The summed E-state index contributed by atoms with van der Waals surface area (Å²) in [5.41, 5.74) is 8.63. The van der Waals surface area contributed by atoms with E-state index in [-0.39, 0.29) is 18.7 Å². The van der Waals surface area contributed by atoms with Crippen LogP contribution in [0.4, 0.5) is 0 Å². The number of hydrogen-bond donors (Lipinski definition) is 1. The van der Waals surface area contributed by atoms with E-state index in [0.717, 1.165) is 85.6 Å². The van der Waals surface area contributed by atoms with Crippen molar-refractivity contribution in [3.63, 3.8) is 0 Å². The number of hydrogen-bond acceptors (Lipinski definition) is 10. The van der Waals surface area contributed by atoms with Crippen LogP contribution >= 0.6 is 0 Å². The molecular formula is C44H52N2O8. The number of methoxy groups -OCH3 is 3. The van der Waals surface area contributed by atoms with Gasteiger partial charge in [-0.25, -0.2) is 0 Å². The van der Waals surface area contributed by atoms with Crippen molar-refractivity contribution >= 4 is 0 Å². The zero-order valence-corrected chi connectivity index (χ0v) is 32.1. The molecular weight excluding hydrogens is 684 g/mol. The van der Waals surface area contributed by atoms with E-state index in [4.69, 9.17) is 33.2 Å². The first-order valence-electron chi connectivity index (χ1n) is 19.1.